The Morgan fingerprint density at radius 1 is 1.43 bits per heavy atom. The molecule has 0 saturated heterocycles. The van der Waals surface area contributed by atoms with Gasteiger partial charge >= 0.3 is 0 Å². The molecule has 0 spiro atoms. The molecule has 1 aromatic rings. The summed E-state index contributed by atoms with van der Waals surface area (Å²) >= 11 is 1.41. The number of unbranched alkanes of at least 4 members (excludes halogenated alkanes) is 1. The van der Waals surface area contributed by atoms with E-state index in [-0.39, 0.29) is 0 Å². The molecule has 1 heterocycles. The molecule has 0 aliphatic heterocycles. The zero-order chi connectivity index (χ0) is 10.2. The van der Waals surface area contributed by atoms with Gasteiger partial charge in [0.05, 0.1) is 0 Å². The fraction of sp³-hybridized carbons (Fsp3) is 0.778. The largest absolute Gasteiger partial charge is 0.382 e. The molecule has 0 aliphatic carbocycles. The molecule has 0 saturated carbocycles. The number of aromatic nitrogens is 2. The van der Waals surface area contributed by atoms with Crippen LogP contribution in [0.5, 0.6) is 0 Å². The van der Waals surface area contributed by atoms with Crippen LogP contribution in [0.1, 0.15) is 25.6 Å². The topological polar surface area (TPSA) is 47.0 Å². The van der Waals surface area contributed by atoms with Crippen molar-refractivity contribution in [2.75, 3.05) is 25.1 Å². The van der Waals surface area contributed by atoms with E-state index in [0.29, 0.717) is 0 Å². The van der Waals surface area contributed by atoms with Gasteiger partial charge in [-0.2, -0.15) is 4.37 Å². The number of hydrogen-bond acceptors (Lipinski definition) is 5. The average Bonchev–Trinajstić information content (AvgIpc) is 2.58. The Labute approximate surface area is 88.9 Å². The van der Waals surface area contributed by atoms with Gasteiger partial charge in [0.15, 0.2) is 0 Å². The maximum Gasteiger partial charge on any atom is 0.202 e. The number of aryl methyl sites for hydroxylation is 1. The van der Waals surface area contributed by atoms with E-state index in [2.05, 4.69) is 14.7 Å². The highest BCUT2D eigenvalue weighted by atomic mass is 32.1. The molecule has 0 aliphatic rings. The lowest BCUT2D eigenvalue weighted by atomic mass is 10.3. The predicted octanol–water partition coefficient (Wildman–Crippen LogP) is 2.08. The van der Waals surface area contributed by atoms with Gasteiger partial charge in [0, 0.05) is 31.3 Å². The first-order valence-electron chi connectivity index (χ1n) is 4.95. The zero-order valence-corrected chi connectivity index (χ0v) is 9.56. The second-order valence-corrected chi connectivity index (χ2v) is 3.73. The van der Waals surface area contributed by atoms with Gasteiger partial charge in [0.25, 0.3) is 0 Å². The standard InChI is InChI=1S/C9H17N3OS/c1-3-13-7-5-4-6-10-9-11-8(2)12-14-9/h3-7H2,1-2H3,(H,10,11,12). The van der Waals surface area contributed by atoms with Gasteiger partial charge in [-0.3, -0.25) is 0 Å². The summed E-state index contributed by atoms with van der Waals surface area (Å²) in [5.74, 6) is 0.840. The van der Waals surface area contributed by atoms with E-state index in [9.17, 15) is 0 Å². The first-order chi connectivity index (χ1) is 6.83. The summed E-state index contributed by atoms with van der Waals surface area (Å²) in [6.45, 7) is 6.52. The first kappa shape index (κ1) is 11.4. The minimum atomic E-state index is 0.809. The lowest BCUT2D eigenvalue weighted by Gasteiger charge is -2.02. The van der Waals surface area contributed by atoms with Crippen molar-refractivity contribution in [3.63, 3.8) is 0 Å². The molecule has 0 radical (unpaired) electrons. The highest BCUT2D eigenvalue weighted by Gasteiger charge is 1.97. The van der Waals surface area contributed by atoms with Crippen LogP contribution in [0.15, 0.2) is 0 Å². The van der Waals surface area contributed by atoms with Gasteiger partial charge in [-0.25, -0.2) is 4.98 Å². The van der Waals surface area contributed by atoms with Crippen molar-refractivity contribution in [1.29, 1.82) is 0 Å². The number of nitrogens with zero attached hydrogens (tertiary/aromatic N) is 2. The Morgan fingerprint density at radius 2 is 2.29 bits per heavy atom. The molecular weight excluding hydrogens is 198 g/mol. The van der Waals surface area contributed by atoms with Crippen molar-refractivity contribution < 1.29 is 4.74 Å². The molecule has 0 amide bonds. The second kappa shape index (κ2) is 6.73. The van der Waals surface area contributed by atoms with Crippen LogP contribution in [0.3, 0.4) is 0 Å². The van der Waals surface area contributed by atoms with E-state index >= 15 is 0 Å². The van der Waals surface area contributed by atoms with Crippen molar-refractivity contribution in [1.82, 2.24) is 9.36 Å². The summed E-state index contributed by atoms with van der Waals surface area (Å²) in [7, 11) is 0. The van der Waals surface area contributed by atoms with E-state index in [4.69, 9.17) is 4.74 Å². The summed E-state index contributed by atoms with van der Waals surface area (Å²) in [6.07, 6.45) is 2.21. The Bertz CT molecular complexity index is 252. The van der Waals surface area contributed by atoms with Crippen molar-refractivity contribution in [2.45, 2.75) is 26.7 Å². The maximum absolute atomic E-state index is 5.24. The summed E-state index contributed by atoms with van der Waals surface area (Å²) in [5.41, 5.74) is 0. The van der Waals surface area contributed by atoms with Crippen LogP contribution >= 0.6 is 11.5 Å². The van der Waals surface area contributed by atoms with Crippen LogP contribution in [0.25, 0.3) is 0 Å². The molecule has 4 nitrogen and oxygen atoms in total. The first-order valence-corrected chi connectivity index (χ1v) is 5.72. The molecule has 0 bridgehead atoms. The van der Waals surface area contributed by atoms with Crippen molar-refractivity contribution in [3.05, 3.63) is 5.82 Å². The minimum absolute atomic E-state index is 0.809. The van der Waals surface area contributed by atoms with E-state index in [1.54, 1.807) is 0 Å². The zero-order valence-electron chi connectivity index (χ0n) is 8.75. The van der Waals surface area contributed by atoms with Crippen LogP contribution in [0, 0.1) is 6.92 Å². The SMILES string of the molecule is CCOCCCCNc1nc(C)ns1. The fourth-order valence-electron chi connectivity index (χ4n) is 1.04. The van der Waals surface area contributed by atoms with Gasteiger partial charge in [-0.15, -0.1) is 0 Å². The Hall–Kier alpha value is -0.680. The molecular formula is C9H17N3OS. The number of rotatable bonds is 7. The molecule has 1 N–H and O–H groups in total. The smallest absolute Gasteiger partial charge is 0.202 e. The Kier molecular flexibility index (Phi) is 5.47. The van der Waals surface area contributed by atoms with Crippen LogP contribution in [-0.2, 0) is 4.74 Å². The predicted molar refractivity (Wildman–Crippen MR) is 58.9 cm³/mol. The van der Waals surface area contributed by atoms with Crippen LogP contribution < -0.4 is 5.32 Å². The quantitative estimate of drug-likeness (QED) is 0.707. The lowest BCUT2D eigenvalue weighted by molar-refractivity contribution is 0.144. The van der Waals surface area contributed by atoms with Crippen LogP contribution in [0.4, 0.5) is 5.13 Å². The van der Waals surface area contributed by atoms with Crippen LogP contribution in [0.2, 0.25) is 0 Å². The molecule has 14 heavy (non-hydrogen) atoms. The highest BCUT2D eigenvalue weighted by Crippen LogP contribution is 2.09. The molecule has 1 rings (SSSR count). The van der Waals surface area contributed by atoms with Gasteiger partial charge in [0.2, 0.25) is 5.13 Å². The lowest BCUT2D eigenvalue weighted by Crippen LogP contribution is -2.03. The third kappa shape index (κ3) is 4.53. The summed E-state index contributed by atoms with van der Waals surface area (Å²) in [6, 6.07) is 0. The number of ether oxygens (including phenoxy) is 1. The van der Waals surface area contributed by atoms with E-state index in [1.807, 2.05) is 13.8 Å². The van der Waals surface area contributed by atoms with Crippen molar-refractivity contribution in [2.24, 2.45) is 0 Å². The summed E-state index contributed by atoms with van der Waals surface area (Å²) < 4.78 is 9.33. The molecule has 0 aromatic carbocycles. The van der Waals surface area contributed by atoms with Gasteiger partial charge in [-0.1, -0.05) is 0 Å². The number of anilines is 1. The maximum atomic E-state index is 5.24. The Morgan fingerprint density at radius 3 is 2.93 bits per heavy atom. The minimum Gasteiger partial charge on any atom is -0.382 e. The third-order valence-corrected chi connectivity index (χ3v) is 2.49. The Balaban J connectivity index is 1.99. The molecule has 5 heteroatoms. The van der Waals surface area contributed by atoms with E-state index in [0.717, 1.165) is 43.6 Å². The highest BCUT2D eigenvalue weighted by molar-refractivity contribution is 7.09. The van der Waals surface area contributed by atoms with Crippen LogP contribution in [-0.4, -0.2) is 29.1 Å². The second-order valence-electron chi connectivity index (χ2n) is 2.98. The van der Waals surface area contributed by atoms with Gasteiger partial charge in [0.1, 0.15) is 5.82 Å². The monoisotopic (exact) mass is 215 g/mol. The van der Waals surface area contributed by atoms with Gasteiger partial charge < -0.3 is 10.1 Å². The summed E-state index contributed by atoms with van der Waals surface area (Å²) in [5, 5.41) is 4.15. The van der Waals surface area contributed by atoms with Crippen molar-refractivity contribution >= 4 is 16.7 Å². The van der Waals surface area contributed by atoms with Gasteiger partial charge in [-0.05, 0) is 26.7 Å². The third-order valence-electron chi connectivity index (χ3n) is 1.72. The molecule has 0 unspecified atom stereocenters. The molecule has 80 valence electrons. The molecule has 0 fully saturated rings. The normalized spacial score (nSPS) is 10.4. The average molecular weight is 215 g/mol. The summed E-state index contributed by atoms with van der Waals surface area (Å²) in [4.78, 5) is 4.21. The number of hydrogen-bond donors (Lipinski definition) is 1. The molecule has 1 aromatic heterocycles. The number of nitrogens with one attached hydrogen (secondary N) is 1. The van der Waals surface area contributed by atoms with E-state index < -0.39 is 0 Å². The van der Waals surface area contributed by atoms with Crippen molar-refractivity contribution in [3.8, 4) is 0 Å². The van der Waals surface area contributed by atoms with E-state index in [1.165, 1.54) is 11.5 Å². The fourth-order valence-corrected chi connectivity index (χ4v) is 1.64. The molecule has 0 atom stereocenters.